The number of nitrogens with zero attached hydrogens (tertiary/aromatic N) is 5. The van der Waals surface area contributed by atoms with E-state index in [-0.39, 0.29) is 23.6 Å². The summed E-state index contributed by atoms with van der Waals surface area (Å²) in [5.74, 6) is 1.56. The van der Waals surface area contributed by atoms with Crippen molar-refractivity contribution >= 4 is 5.91 Å². The second-order valence-corrected chi connectivity index (χ2v) is 7.00. The third kappa shape index (κ3) is 3.23. The molecule has 138 valence electrons. The number of hydrogen-bond donors (Lipinski definition) is 0. The SMILES string of the molecule is Cn1nc2n(c1=O)CC(C(=O)N1CCC(Oc3cccnc3)CC1)CC2. The summed E-state index contributed by atoms with van der Waals surface area (Å²) in [4.78, 5) is 30.9. The Morgan fingerprint density at radius 3 is 2.81 bits per heavy atom. The summed E-state index contributed by atoms with van der Waals surface area (Å²) < 4.78 is 8.93. The standard InChI is InChI=1S/C18H23N5O3/c1-21-18(25)23-12-13(4-5-16(23)20-21)17(24)22-9-6-14(7-10-22)26-15-3-2-8-19-11-15/h2-3,8,11,13-14H,4-7,9-10,12H2,1H3. The normalized spacial score (nSPS) is 20.7. The number of amides is 1. The minimum absolute atomic E-state index is 0.113. The fourth-order valence-corrected chi connectivity index (χ4v) is 3.80. The van der Waals surface area contributed by atoms with Gasteiger partial charge in [-0.1, -0.05) is 0 Å². The molecule has 0 saturated carbocycles. The molecule has 2 aromatic rings. The quantitative estimate of drug-likeness (QED) is 0.804. The summed E-state index contributed by atoms with van der Waals surface area (Å²) in [5.41, 5.74) is -0.138. The third-order valence-corrected chi connectivity index (χ3v) is 5.24. The van der Waals surface area contributed by atoms with Gasteiger partial charge in [0.05, 0.1) is 12.1 Å². The molecule has 1 fully saturated rings. The van der Waals surface area contributed by atoms with Crippen LogP contribution in [0.15, 0.2) is 29.3 Å². The largest absolute Gasteiger partial charge is 0.489 e. The number of hydrogen-bond acceptors (Lipinski definition) is 5. The summed E-state index contributed by atoms with van der Waals surface area (Å²) in [7, 11) is 1.65. The van der Waals surface area contributed by atoms with Gasteiger partial charge in [0, 0.05) is 52.1 Å². The van der Waals surface area contributed by atoms with Gasteiger partial charge in [-0.25, -0.2) is 9.48 Å². The van der Waals surface area contributed by atoms with E-state index in [9.17, 15) is 9.59 Å². The van der Waals surface area contributed by atoms with Crippen molar-refractivity contribution in [1.29, 1.82) is 0 Å². The summed E-state index contributed by atoms with van der Waals surface area (Å²) in [6, 6.07) is 3.75. The van der Waals surface area contributed by atoms with E-state index in [1.54, 1.807) is 24.0 Å². The molecule has 2 aliphatic heterocycles. The number of carbonyl (C=O) groups excluding carboxylic acids is 1. The second kappa shape index (κ2) is 6.93. The van der Waals surface area contributed by atoms with Crippen LogP contribution in [0, 0.1) is 5.92 Å². The predicted molar refractivity (Wildman–Crippen MR) is 93.7 cm³/mol. The Bertz CT molecular complexity index is 836. The predicted octanol–water partition coefficient (Wildman–Crippen LogP) is 0.609. The van der Waals surface area contributed by atoms with Crippen molar-refractivity contribution in [3.63, 3.8) is 0 Å². The van der Waals surface area contributed by atoms with E-state index in [4.69, 9.17) is 4.74 Å². The van der Waals surface area contributed by atoms with Crippen LogP contribution in [0.1, 0.15) is 25.1 Å². The zero-order valence-corrected chi connectivity index (χ0v) is 14.9. The van der Waals surface area contributed by atoms with Gasteiger partial charge in [-0.05, 0) is 18.6 Å². The van der Waals surface area contributed by atoms with Crippen LogP contribution in [-0.4, -0.2) is 49.3 Å². The molecule has 4 heterocycles. The molecule has 2 aromatic heterocycles. The zero-order chi connectivity index (χ0) is 18.1. The number of fused-ring (bicyclic) bond motifs is 1. The van der Waals surface area contributed by atoms with Gasteiger partial charge in [-0.3, -0.25) is 14.3 Å². The van der Waals surface area contributed by atoms with Crippen molar-refractivity contribution in [3.8, 4) is 5.75 Å². The van der Waals surface area contributed by atoms with E-state index in [0.717, 1.165) is 30.8 Å². The van der Waals surface area contributed by atoms with Crippen molar-refractivity contribution in [2.24, 2.45) is 13.0 Å². The highest BCUT2D eigenvalue weighted by atomic mass is 16.5. The van der Waals surface area contributed by atoms with Crippen LogP contribution in [0.4, 0.5) is 0 Å². The maximum absolute atomic E-state index is 12.9. The van der Waals surface area contributed by atoms with Gasteiger partial charge in [0.1, 0.15) is 17.7 Å². The number of likely N-dealkylation sites (tertiary alicyclic amines) is 1. The Morgan fingerprint density at radius 1 is 1.27 bits per heavy atom. The minimum Gasteiger partial charge on any atom is -0.489 e. The van der Waals surface area contributed by atoms with Gasteiger partial charge in [0.25, 0.3) is 0 Å². The topological polar surface area (TPSA) is 82.2 Å². The molecule has 0 N–H and O–H groups in total. The van der Waals surface area contributed by atoms with Crippen LogP contribution in [0.2, 0.25) is 0 Å². The number of rotatable bonds is 3. The summed E-state index contributed by atoms with van der Waals surface area (Å²) in [6.07, 6.45) is 6.59. The molecule has 0 bridgehead atoms. The molecule has 1 saturated heterocycles. The van der Waals surface area contributed by atoms with Crippen molar-refractivity contribution in [1.82, 2.24) is 24.2 Å². The highest BCUT2D eigenvalue weighted by Crippen LogP contribution is 2.23. The number of ether oxygens (including phenoxy) is 1. The first-order chi connectivity index (χ1) is 12.6. The molecule has 1 amide bonds. The first kappa shape index (κ1) is 16.8. The monoisotopic (exact) mass is 357 g/mol. The lowest BCUT2D eigenvalue weighted by atomic mass is 9.96. The van der Waals surface area contributed by atoms with E-state index in [1.165, 1.54) is 4.68 Å². The van der Waals surface area contributed by atoms with Gasteiger partial charge in [-0.15, -0.1) is 0 Å². The van der Waals surface area contributed by atoms with Gasteiger partial charge in [0.15, 0.2) is 0 Å². The van der Waals surface area contributed by atoms with Crippen molar-refractivity contribution < 1.29 is 9.53 Å². The summed E-state index contributed by atoms with van der Waals surface area (Å²) in [6.45, 7) is 1.82. The first-order valence-corrected chi connectivity index (χ1v) is 9.10. The molecular weight excluding hydrogens is 334 g/mol. The van der Waals surface area contributed by atoms with Crippen molar-refractivity contribution in [3.05, 3.63) is 40.8 Å². The van der Waals surface area contributed by atoms with Crippen LogP contribution in [0.5, 0.6) is 5.75 Å². The molecule has 26 heavy (non-hydrogen) atoms. The van der Waals surface area contributed by atoms with E-state index < -0.39 is 0 Å². The summed E-state index contributed by atoms with van der Waals surface area (Å²) >= 11 is 0. The van der Waals surface area contributed by atoms with Crippen molar-refractivity contribution in [2.75, 3.05) is 13.1 Å². The molecule has 0 aliphatic carbocycles. The molecule has 0 spiro atoms. The van der Waals surface area contributed by atoms with E-state index in [1.807, 2.05) is 17.0 Å². The lowest BCUT2D eigenvalue weighted by molar-refractivity contribution is -0.138. The Hall–Kier alpha value is -2.64. The fraction of sp³-hybridized carbons (Fsp3) is 0.556. The lowest BCUT2D eigenvalue weighted by Crippen LogP contribution is -2.46. The molecule has 2 aliphatic rings. The maximum Gasteiger partial charge on any atom is 0.345 e. The smallest absolute Gasteiger partial charge is 0.345 e. The van der Waals surface area contributed by atoms with Crippen LogP contribution in [-0.2, 0) is 24.8 Å². The minimum atomic E-state index is -0.139. The zero-order valence-electron chi connectivity index (χ0n) is 14.9. The van der Waals surface area contributed by atoms with Gasteiger partial charge in [-0.2, -0.15) is 5.10 Å². The third-order valence-electron chi connectivity index (χ3n) is 5.24. The first-order valence-electron chi connectivity index (χ1n) is 9.10. The average molecular weight is 357 g/mol. The number of aromatic nitrogens is 4. The van der Waals surface area contributed by atoms with Gasteiger partial charge in [0.2, 0.25) is 5.91 Å². The second-order valence-electron chi connectivity index (χ2n) is 7.00. The van der Waals surface area contributed by atoms with Gasteiger partial charge < -0.3 is 9.64 Å². The van der Waals surface area contributed by atoms with Crippen LogP contribution in [0.3, 0.4) is 0 Å². The van der Waals surface area contributed by atoms with Crippen LogP contribution in [0.25, 0.3) is 0 Å². The molecular formula is C18H23N5O3. The fourth-order valence-electron chi connectivity index (χ4n) is 3.80. The number of piperidine rings is 1. The molecule has 0 aromatic carbocycles. The molecule has 1 atom stereocenters. The molecule has 4 rings (SSSR count). The highest BCUT2D eigenvalue weighted by Gasteiger charge is 2.32. The Morgan fingerprint density at radius 2 is 2.08 bits per heavy atom. The van der Waals surface area contributed by atoms with E-state index in [0.29, 0.717) is 26.1 Å². The number of carbonyl (C=O) groups is 1. The van der Waals surface area contributed by atoms with Crippen LogP contribution >= 0.6 is 0 Å². The molecule has 8 nitrogen and oxygen atoms in total. The molecule has 0 radical (unpaired) electrons. The average Bonchev–Trinajstić information content (AvgIpc) is 2.96. The Kier molecular flexibility index (Phi) is 4.48. The Balaban J connectivity index is 1.34. The highest BCUT2D eigenvalue weighted by molar-refractivity contribution is 5.79. The lowest BCUT2D eigenvalue weighted by Gasteiger charge is -2.35. The van der Waals surface area contributed by atoms with Gasteiger partial charge >= 0.3 is 5.69 Å². The van der Waals surface area contributed by atoms with Crippen molar-refractivity contribution in [2.45, 2.75) is 38.3 Å². The molecule has 8 heteroatoms. The Labute approximate surface area is 151 Å². The molecule has 1 unspecified atom stereocenters. The van der Waals surface area contributed by atoms with E-state index in [2.05, 4.69) is 10.1 Å². The van der Waals surface area contributed by atoms with E-state index >= 15 is 0 Å². The summed E-state index contributed by atoms with van der Waals surface area (Å²) in [5, 5.41) is 4.23. The maximum atomic E-state index is 12.9. The number of aryl methyl sites for hydroxylation is 2. The number of pyridine rings is 1. The van der Waals surface area contributed by atoms with Crippen LogP contribution < -0.4 is 10.4 Å².